The number of aliphatic hydroxyl groups excluding tert-OH is 1. The largest absolute Gasteiger partial charge is 0.522 e. The van der Waals surface area contributed by atoms with Gasteiger partial charge in [0, 0.05) is 0 Å². The lowest BCUT2D eigenvalue weighted by Gasteiger charge is -2.17. The summed E-state index contributed by atoms with van der Waals surface area (Å²) < 4.78 is 18.2. The van der Waals surface area contributed by atoms with Gasteiger partial charge in [-0.05, 0) is 0 Å². The molecule has 110 valence electrons. The van der Waals surface area contributed by atoms with E-state index < -0.39 is 25.6 Å². The molecule has 2 aromatic heterocycles. The number of ether oxygens (including phenoxy) is 1. The van der Waals surface area contributed by atoms with Crippen molar-refractivity contribution in [3.8, 4) is 0 Å². The van der Waals surface area contributed by atoms with Gasteiger partial charge in [0.1, 0.15) is 30.7 Å². The van der Waals surface area contributed by atoms with Crippen molar-refractivity contribution in [2.24, 2.45) is 0 Å². The standard InChI is InChI=1S/C10H9ClN4O4PS/c11-8-5-9(13-2-12-8)15(3-14-5)10-6(16)7-4(18-10)1-17-20(21)19-7/h2-4,6-7,10,16H,1H2/q+1/t4-,6+,7?,10-/m1/s1. The highest BCUT2D eigenvalue weighted by Crippen LogP contribution is 2.43. The first-order chi connectivity index (χ1) is 10.1. The average Bonchev–Trinajstić information content (AvgIpc) is 3.02. The quantitative estimate of drug-likeness (QED) is 0.601. The zero-order chi connectivity index (χ0) is 14.6. The number of nitrogens with zero attached hydrogens (tertiary/aromatic N) is 4. The van der Waals surface area contributed by atoms with E-state index in [1.165, 1.54) is 12.7 Å². The van der Waals surface area contributed by atoms with E-state index >= 15 is 0 Å². The summed E-state index contributed by atoms with van der Waals surface area (Å²) in [6, 6.07) is 0. The molecule has 2 fully saturated rings. The highest BCUT2D eigenvalue weighted by molar-refractivity contribution is 8.00. The summed E-state index contributed by atoms with van der Waals surface area (Å²) in [5.41, 5.74) is 0.937. The molecule has 0 spiro atoms. The maximum absolute atomic E-state index is 10.4. The van der Waals surface area contributed by atoms with E-state index in [0.29, 0.717) is 17.8 Å². The number of imidazole rings is 1. The molecule has 8 nitrogen and oxygen atoms in total. The molecular weight excluding hydrogens is 339 g/mol. The fourth-order valence-electron chi connectivity index (χ4n) is 2.49. The Bertz CT molecular complexity index is 730. The number of hydrogen-bond acceptors (Lipinski definition) is 8. The van der Waals surface area contributed by atoms with Crippen LogP contribution >= 0.6 is 18.8 Å². The Balaban J connectivity index is 1.73. The Morgan fingerprint density at radius 2 is 2.29 bits per heavy atom. The number of aromatic nitrogens is 4. The van der Waals surface area contributed by atoms with Gasteiger partial charge in [0.15, 0.2) is 23.1 Å². The monoisotopic (exact) mass is 347 g/mol. The minimum absolute atomic E-state index is 0.248. The van der Waals surface area contributed by atoms with Crippen LogP contribution in [0.2, 0.25) is 5.15 Å². The van der Waals surface area contributed by atoms with Crippen LogP contribution in [-0.2, 0) is 25.6 Å². The first-order valence-electron chi connectivity index (χ1n) is 6.08. The summed E-state index contributed by atoms with van der Waals surface area (Å²) in [7, 11) is -1.39. The van der Waals surface area contributed by atoms with Gasteiger partial charge in [-0.2, -0.15) is 0 Å². The van der Waals surface area contributed by atoms with Gasteiger partial charge in [0.05, 0.1) is 6.33 Å². The fraction of sp³-hybridized carbons (Fsp3) is 0.500. The van der Waals surface area contributed by atoms with Crippen molar-refractivity contribution in [1.82, 2.24) is 19.5 Å². The van der Waals surface area contributed by atoms with E-state index in [1.807, 2.05) is 0 Å². The summed E-state index contributed by atoms with van der Waals surface area (Å²) in [5, 5.41) is 10.7. The molecule has 21 heavy (non-hydrogen) atoms. The SMILES string of the molecule is O[C@H]1C2O[P+](=S)OC[C@H]2O[C@H]1n1cnc2c(Cl)ncnc21. The van der Waals surface area contributed by atoms with Crippen LogP contribution in [0, 0.1) is 0 Å². The van der Waals surface area contributed by atoms with Gasteiger partial charge in [-0.15, -0.1) is 9.05 Å². The predicted octanol–water partition coefficient (Wildman–Crippen LogP) is 0.927. The molecule has 0 radical (unpaired) electrons. The molecule has 1 N–H and O–H groups in total. The van der Waals surface area contributed by atoms with Crippen molar-refractivity contribution in [1.29, 1.82) is 0 Å². The first kappa shape index (κ1) is 13.8. The highest BCUT2D eigenvalue weighted by atomic mass is 35.5. The van der Waals surface area contributed by atoms with E-state index in [4.69, 9.17) is 37.2 Å². The number of hydrogen-bond donors (Lipinski definition) is 1. The van der Waals surface area contributed by atoms with Crippen molar-refractivity contribution < 1.29 is 18.9 Å². The van der Waals surface area contributed by atoms with Crippen molar-refractivity contribution in [3.63, 3.8) is 0 Å². The molecule has 5 atom stereocenters. The Morgan fingerprint density at radius 3 is 3.14 bits per heavy atom. The molecule has 0 aromatic carbocycles. The molecule has 2 aliphatic heterocycles. The lowest BCUT2D eigenvalue weighted by molar-refractivity contribution is -0.0522. The molecule has 2 saturated heterocycles. The molecule has 0 amide bonds. The maximum Gasteiger partial charge on any atom is 0.522 e. The van der Waals surface area contributed by atoms with Crippen molar-refractivity contribution in [3.05, 3.63) is 17.8 Å². The summed E-state index contributed by atoms with van der Waals surface area (Å²) in [5.74, 6) is 0. The molecule has 2 unspecified atom stereocenters. The van der Waals surface area contributed by atoms with Gasteiger partial charge < -0.3 is 9.84 Å². The van der Waals surface area contributed by atoms with E-state index in [0.717, 1.165) is 0 Å². The number of halogens is 1. The topological polar surface area (TPSA) is 91.5 Å². The molecule has 4 rings (SSSR count). The molecule has 2 aliphatic rings. The third kappa shape index (κ3) is 2.17. The molecule has 0 aliphatic carbocycles. The number of fused-ring (bicyclic) bond motifs is 2. The average molecular weight is 348 g/mol. The van der Waals surface area contributed by atoms with E-state index in [9.17, 15) is 5.11 Å². The van der Waals surface area contributed by atoms with Crippen molar-refractivity contribution in [2.75, 3.05) is 6.61 Å². The lowest BCUT2D eigenvalue weighted by Crippen LogP contribution is -2.37. The summed E-state index contributed by atoms with van der Waals surface area (Å²) >= 11 is 11.0. The van der Waals surface area contributed by atoms with E-state index in [2.05, 4.69) is 15.0 Å². The minimum Gasteiger partial charge on any atom is -0.385 e. The molecular formula is C10H9ClN4O4PS+. The fourth-order valence-corrected chi connectivity index (χ4v) is 3.93. The van der Waals surface area contributed by atoms with Crippen LogP contribution in [0.5, 0.6) is 0 Å². The highest BCUT2D eigenvalue weighted by Gasteiger charge is 2.53. The minimum atomic E-state index is -1.39. The smallest absolute Gasteiger partial charge is 0.385 e. The maximum atomic E-state index is 10.4. The van der Waals surface area contributed by atoms with Crippen molar-refractivity contribution >= 4 is 41.7 Å². The van der Waals surface area contributed by atoms with Gasteiger partial charge in [0.2, 0.25) is 11.8 Å². The van der Waals surface area contributed by atoms with Gasteiger partial charge in [-0.3, -0.25) is 4.57 Å². The second-order valence-corrected chi connectivity index (χ2v) is 6.80. The molecule has 0 bridgehead atoms. The van der Waals surface area contributed by atoms with Crippen LogP contribution in [0.25, 0.3) is 11.2 Å². The Morgan fingerprint density at radius 1 is 1.43 bits per heavy atom. The molecule has 11 heteroatoms. The first-order valence-corrected chi connectivity index (χ1v) is 8.65. The van der Waals surface area contributed by atoms with Crippen LogP contribution in [0.1, 0.15) is 6.23 Å². The Hall–Kier alpha value is -0.800. The van der Waals surface area contributed by atoms with Crippen LogP contribution < -0.4 is 0 Å². The second kappa shape index (κ2) is 5.13. The number of aliphatic hydroxyl groups is 1. The van der Waals surface area contributed by atoms with Gasteiger partial charge in [-0.25, -0.2) is 15.0 Å². The Labute approximate surface area is 129 Å². The normalized spacial score (nSPS) is 34.3. The third-order valence-corrected chi connectivity index (χ3v) is 5.08. The molecule has 0 saturated carbocycles. The van der Waals surface area contributed by atoms with Crippen molar-refractivity contribution in [2.45, 2.75) is 24.5 Å². The van der Waals surface area contributed by atoms with Gasteiger partial charge in [-0.1, -0.05) is 11.6 Å². The molecule has 2 aromatic rings. The van der Waals surface area contributed by atoms with Crippen LogP contribution in [0.15, 0.2) is 12.7 Å². The molecule has 4 heterocycles. The van der Waals surface area contributed by atoms with E-state index in [-0.39, 0.29) is 11.3 Å². The van der Waals surface area contributed by atoms with Crippen LogP contribution in [-0.4, -0.2) is 49.5 Å². The number of rotatable bonds is 1. The van der Waals surface area contributed by atoms with Crippen LogP contribution in [0.4, 0.5) is 0 Å². The third-order valence-electron chi connectivity index (χ3n) is 3.45. The van der Waals surface area contributed by atoms with Gasteiger partial charge in [0.25, 0.3) is 0 Å². The van der Waals surface area contributed by atoms with Gasteiger partial charge >= 0.3 is 7.15 Å². The van der Waals surface area contributed by atoms with E-state index in [1.54, 1.807) is 4.57 Å². The summed E-state index contributed by atoms with van der Waals surface area (Å²) in [6.07, 6.45) is 0.380. The van der Waals surface area contributed by atoms with Crippen LogP contribution in [0.3, 0.4) is 0 Å². The predicted molar refractivity (Wildman–Crippen MR) is 75.4 cm³/mol. The second-order valence-electron chi connectivity index (χ2n) is 4.63. The Kier molecular flexibility index (Phi) is 3.38. The zero-order valence-corrected chi connectivity index (χ0v) is 12.8. The zero-order valence-electron chi connectivity index (χ0n) is 10.4. The lowest BCUT2D eigenvalue weighted by atomic mass is 10.1. The summed E-state index contributed by atoms with van der Waals surface area (Å²) in [6.45, 7) is 0.301. The summed E-state index contributed by atoms with van der Waals surface area (Å²) in [4.78, 5) is 12.2.